The third-order valence-corrected chi connectivity index (χ3v) is 3.74. The van der Waals surface area contributed by atoms with Crippen molar-refractivity contribution in [3.63, 3.8) is 0 Å². The summed E-state index contributed by atoms with van der Waals surface area (Å²) in [5.74, 6) is -0.117. The number of benzene rings is 1. The van der Waals surface area contributed by atoms with E-state index in [4.69, 9.17) is 23.2 Å². The van der Waals surface area contributed by atoms with Crippen molar-refractivity contribution in [1.82, 2.24) is 9.97 Å². The molecule has 0 atom stereocenters. The van der Waals surface area contributed by atoms with E-state index in [-0.39, 0.29) is 21.9 Å². The number of nitrogens with one attached hydrogen (secondary N) is 1. The third-order valence-electron chi connectivity index (χ3n) is 2.35. The number of alkyl halides is 1. The second kappa shape index (κ2) is 6.32. The summed E-state index contributed by atoms with van der Waals surface area (Å²) in [6.07, 6.45) is 1.23. The van der Waals surface area contributed by atoms with Crippen LogP contribution in [0.15, 0.2) is 30.6 Å². The van der Waals surface area contributed by atoms with E-state index in [1.54, 1.807) is 12.1 Å². The molecule has 0 saturated heterocycles. The van der Waals surface area contributed by atoms with Crippen LogP contribution in [-0.4, -0.2) is 15.9 Å². The Kier molecular flexibility index (Phi) is 4.74. The molecule has 0 aliphatic heterocycles. The van der Waals surface area contributed by atoms with E-state index >= 15 is 0 Å². The minimum Gasteiger partial charge on any atom is -0.305 e. The highest BCUT2D eigenvalue weighted by molar-refractivity contribution is 9.08. The zero-order valence-electron chi connectivity index (χ0n) is 9.53. The molecular weight excluding hydrogens is 353 g/mol. The van der Waals surface area contributed by atoms with Gasteiger partial charge in [0.15, 0.2) is 11.0 Å². The van der Waals surface area contributed by atoms with Gasteiger partial charge in [0.1, 0.15) is 11.3 Å². The lowest BCUT2D eigenvalue weighted by Gasteiger charge is -2.06. The van der Waals surface area contributed by atoms with Crippen molar-refractivity contribution in [2.75, 3.05) is 5.32 Å². The van der Waals surface area contributed by atoms with E-state index < -0.39 is 0 Å². The first-order chi connectivity index (χ1) is 9.11. The zero-order valence-corrected chi connectivity index (χ0v) is 12.6. The number of halogens is 3. The Morgan fingerprint density at radius 3 is 2.53 bits per heavy atom. The van der Waals surface area contributed by atoms with Gasteiger partial charge < -0.3 is 5.32 Å². The molecule has 19 heavy (non-hydrogen) atoms. The Morgan fingerprint density at radius 2 is 1.89 bits per heavy atom. The quantitative estimate of drug-likeness (QED) is 0.666. The number of hydrogen-bond acceptors (Lipinski definition) is 3. The monoisotopic (exact) mass is 359 g/mol. The average Bonchev–Trinajstić information content (AvgIpc) is 2.44. The van der Waals surface area contributed by atoms with Gasteiger partial charge in [-0.15, -0.1) is 0 Å². The number of hydrogen-bond donors (Lipinski definition) is 1. The molecule has 1 aromatic carbocycles. The molecule has 1 aromatic heterocycles. The lowest BCUT2D eigenvalue weighted by atomic mass is 10.1. The van der Waals surface area contributed by atoms with Crippen molar-refractivity contribution >= 4 is 50.9 Å². The Labute approximate surface area is 128 Å². The fraction of sp³-hybridized carbons (Fsp3) is 0.0833. The van der Waals surface area contributed by atoms with Crippen molar-refractivity contribution in [2.45, 2.75) is 5.33 Å². The highest BCUT2D eigenvalue weighted by Crippen LogP contribution is 2.25. The van der Waals surface area contributed by atoms with Crippen molar-refractivity contribution in [3.05, 3.63) is 51.9 Å². The highest BCUT2D eigenvalue weighted by atomic mass is 79.9. The van der Waals surface area contributed by atoms with E-state index in [9.17, 15) is 4.79 Å². The maximum atomic E-state index is 12.0. The smallest absolute Gasteiger partial charge is 0.256 e. The van der Waals surface area contributed by atoms with Crippen LogP contribution < -0.4 is 5.32 Å². The number of rotatable bonds is 3. The van der Waals surface area contributed by atoms with Gasteiger partial charge in [-0.1, -0.05) is 51.3 Å². The minimum absolute atomic E-state index is 0.0987. The second-order valence-electron chi connectivity index (χ2n) is 3.61. The molecule has 0 aliphatic rings. The van der Waals surface area contributed by atoms with Crippen LogP contribution in [0, 0.1) is 0 Å². The van der Waals surface area contributed by atoms with Gasteiger partial charge in [-0.25, -0.2) is 9.97 Å². The molecule has 1 heterocycles. The number of nitrogens with zero attached hydrogens (tertiary/aromatic N) is 2. The van der Waals surface area contributed by atoms with Gasteiger partial charge in [0.05, 0.1) is 0 Å². The Bertz CT molecular complexity index is 604. The first-order valence-corrected chi connectivity index (χ1v) is 7.12. The first kappa shape index (κ1) is 14.2. The molecule has 2 aromatic rings. The standard InChI is InChI=1S/C12H8BrCl2N3O/c13-5-7-1-3-8(4-2-7)12(19)18-11-9(14)10(15)16-6-17-11/h1-4,6H,5H2,(H,16,17,18,19). The number of anilines is 1. The molecule has 1 N–H and O–H groups in total. The fourth-order valence-electron chi connectivity index (χ4n) is 1.36. The van der Waals surface area contributed by atoms with E-state index in [0.717, 1.165) is 10.9 Å². The number of aromatic nitrogens is 2. The predicted octanol–water partition coefficient (Wildman–Crippen LogP) is 3.93. The van der Waals surface area contributed by atoms with Gasteiger partial charge in [-0.3, -0.25) is 4.79 Å². The van der Waals surface area contributed by atoms with Crippen LogP contribution in [0.5, 0.6) is 0 Å². The molecule has 1 amide bonds. The molecule has 0 spiro atoms. The van der Waals surface area contributed by atoms with Gasteiger partial charge >= 0.3 is 0 Å². The molecule has 0 saturated carbocycles. The van der Waals surface area contributed by atoms with Gasteiger partial charge in [0, 0.05) is 10.9 Å². The Morgan fingerprint density at radius 1 is 1.21 bits per heavy atom. The molecule has 0 fully saturated rings. The van der Waals surface area contributed by atoms with Crippen LogP contribution in [0.1, 0.15) is 15.9 Å². The van der Waals surface area contributed by atoms with Crippen molar-refractivity contribution < 1.29 is 4.79 Å². The lowest BCUT2D eigenvalue weighted by Crippen LogP contribution is -2.13. The molecule has 7 heteroatoms. The molecule has 0 radical (unpaired) electrons. The number of carbonyl (C=O) groups is 1. The Balaban J connectivity index is 2.18. The predicted molar refractivity (Wildman–Crippen MR) is 79.1 cm³/mol. The SMILES string of the molecule is O=C(Nc1ncnc(Cl)c1Cl)c1ccc(CBr)cc1. The molecule has 98 valence electrons. The number of carbonyl (C=O) groups excluding carboxylic acids is 1. The Hall–Kier alpha value is -1.17. The van der Waals surface area contributed by atoms with Crippen LogP contribution in [0.2, 0.25) is 10.2 Å². The summed E-state index contributed by atoms with van der Waals surface area (Å²) in [5, 5.41) is 3.54. The topological polar surface area (TPSA) is 54.9 Å². The largest absolute Gasteiger partial charge is 0.305 e. The normalized spacial score (nSPS) is 10.3. The highest BCUT2D eigenvalue weighted by Gasteiger charge is 2.12. The van der Waals surface area contributed by atoms with Gasteiger partial charge in [0.25, 0.3) is 5.91 Å². The minimum atomic E-state index is -0.308. The van der Waals surface area contributed by atoms with Crippen LogP contribution in [0.4, 0.5) is 5.82 Å². The fourth-order valence-corrected chi connectivity index (χ4v) is 2.01. The van der Waals surface area contributed by atoms with Crippen LogP contribution >= 0.6 is 39.1 Å². The molecule has 0 unspecified atom stereocenters. The van der Waals surface area contributed by atoms with E-state index in [2.05, 4.69) is 31.2 Å². The summed E-state index contributed by atoms with van der Waals surface area (Å²) in [6, 6.07) is 7.17. The summed E-state index contributed by atoms with van der Waals surface area (Å²) in [4.78, 5) is 19.6. The summed E-state index contributed by atoms with van der Waals surface area (Å²) in [7, 11) is 0. The zero-order chi connectivity index (χ0) is 13.8. The van der Waals surface area contributed by atoms with Gasteiger partial charge in [-0.05, 0) is 17.7 Å². The van der Waals surface area contributed by atoms with Gasteiger partial charge in [0.2, 0.25) is 0 Å². The summed E-state index contributed by atoms with van der Waals surface area (Å²) >= 11 is 15.0. The summed E-state index contributed by atoms with van der Waals surface area (Å²) < 4.78 is 0. The number of amides is 1. The molecule has 2 rings (SSSR count). The van der Waals surface area contributed by atoms with Crippen molar-refractivity contribution in [1.29, 1.82) is 0 Å². The van der Waals surface area contributed by atoms with Gasteiger partial charge in [-0.2, -0.15) is 0 Å². The summed E-state index contributed by atoms with van der Waals surface area (Å²) in [5.41, 5.74) is 1.59. The van der Waals surface area contributed by atoms with E-state index in [1.807, 2.05) is 12.1 Å². The average molecular weight is 361 g/mol. The lowest BCUT2D eigenvalue weighted by molar-refractivity contribution is 0.102. The maximum absolute atomic E-state index is 12.0. The van der Waals surface area contributed by atoms with E-state index in [0.29, 0.717) is 5.56 Å². The third kappa shape index (κ3) is 3.43. The molecule has 4 nitrogen and oxygen atoms in total. The maximum Gasteiger partial charge on any atom is 0.256 e. The molecule has 0 aliphatic carbocycles. The van der Waals surface area contributed by atoms with Crippen LogP contribution in [0.25, 0.3) is 0 Å². The van der Waals surface area contributed by atoms with Crippen LogP contribution in [0.3, 0.4) is 0 Å². The van der Waals surface area contributed by atoms with Crippen molar-refractivity contribution in [2.24, 2.45) is 0 Å². The van der Waals surface area contributed by atoms with Crippen molar-refractivity contribution in [3.8, 4) is 0 Å². The summed E-state index contributed by atoms with van der Waals surface area (Å²) in [6.45, 7) is 0. The molecular formula is C12H8BrCl2N3O. The second-order valence-corrected chi connectivity index (χ2v) is 4.91. The molecule has 0 bridgehead atoms. The van der Waals surface area contributed by atoms with Crippen LogP contribution in [-0.2, 0) is 5.33 Å². The van der Waals surface area contributed by atoms with E-state index in [1.165, 1.54) is 6.33 Å². The first-order valence-electron chi connectivity index (χ1n) is 5.24.